The van der Waals surface area contributed by atoms with Crippen LogP contribution in [0.25, 0.3) is 0 Å². The smallest absolute Gasteiger partial charge is 0.0835 e. The Kier molecular flexibility index (Phi) is 4.51. The number of benzene rings is 1. The van der Waals surface area contributed by atoms with E-state index >= 15 is 0 Å². The molecule has 0 heterocycles. The van der Waals surface area contributed by atoms with Crippen molar-refractivity contribution in [2.75, 3.05) is 6.54 Å². The lowest BCUT2D eigenvalue weighted by molar-refractivity contribution is 0.109. The summed E-state index contributed by atoms with van der Waals surface area (Å²) in [5, 5.41) is 10.4. The van der Waals surface area contributed by atoms with Crippen LogP contribution in [0.5, 0.6) is 0 Å². The van der Waals surface area contributed by atoms with Crippen molar-refractivity contribution < 1.29 is 5.11 Å². The molecule has 1 aromatic carbocycles. The van der Waals surface area contributed by atoms with E-state index in [9.17, 15) is 5.11 Å². The molecule has 1 aromatic rings. The number of hydrogen-bond acceptors (Lipinski definition) is 2. The largest absolute Gasteiger partial charge is 0.388 e. The standard InChI is InChI=1S/C14H23NO/c1-5-12(8-15)14(16)13-10(3)6-9(2)7-11(13)4/h6-7,12,14,16H,5,8,15H2,1-4H3. The molecular weight excluding hydrogens is 198 g/mol. The summed E-state index contributed by atoms with van der Waals surface area (Å²) in [6.07, 6.45) is 0.473. The third-order valence-electron chi connectivity index (χ3n) is 3.31. The highest BCUT2D eigenvalue weighted by Gasteiger charge is 2.21. The maximum absolute atomic E-state index is 10.4. The van der Waals surface area contributed by atoms with Gasteiger partial charge in [0.15, 0.2) is 0 Å². The SMILES string of the molecule is CCC(CN)C(O)c1c(C)cc(C)cc1C. The van der Waals surface area contributed by atoms with Gasteiger partial charge in [0.25, 0.3) is 0 Å². The third kappa shape index (κ3) is 2.63. The molecule has 0 radical (unpaired) electrons. The number of rotatable bonds is 4. The van der Waals surface area contributed by atoms with Crippen LogP contribution in [-0.4, -0.2) is 11.7 Å². The molecule has 0 aliphatic rings. The number of aliphatic hydroxyl groups is 1. The molecule has 0 saturated heterocycles. The fourth-order valence-electron chi connectivity index (χ4n) is 2.41. The maximum Gasteiger partial charge on any atom is 0.0835 e. The first-order valence-electron chi connectivity index (χ1n) is 5.97. The summed E-state index contributed by atoms with van der Waals surface area (Å²) in [5.41, 5.74) is 10.3. The Morgan fingerprint density at radius 1 is 1.19 bits per heavy atom. The number of nitrogens with two attached hydrogens (primary N) is 1. The zero-order valence-corrected chi connectivity index (χ0v) is 10.7. The van der Waals surface area contributed by atoms with Crippen molar-refractivity contribution in [3.8, 4) is 0 Å². The summed E-state index contributed by atoms with van der Waals surface area (Å²) in [6.45, 7) is 8.80. The molecule has 2 nitrogen and oxygen atoms in total. The maximum atomic E-state index is 10.4. The van der Waals surface area contributed by atoms with Crippen LogP contribution in [0.4, 0.5) is 0 Å². The second kappa shape index (κ2) is 5.46. The van der Waals surface area contributed by atoms with Crippen molar-refractivity contribution in [1.82, 2.24) is 0 Å². The quantitative estimate of drug-likeness (QED) is 0.821. The normalized spacial score (nSPS) is 14.9. The van der Waals surface area contributed by atoms with Gasteiger partial charge in [-0.3, -0.25) is 0 Å². The van der Waals surface area contributed by atoms with Gasteiger partial charge in [0.05, 0.1) is 6.10 Å². The molecule has 0 amide bonds. The van der Waals surface area contributed by atoms with Gasteiger partial charge in [-0.15, -0.1) is 0 Å². The van der Waals surface area contributed by atoms with E-state index in [4.69, 9.17) is 5.73 Å². The van der Waals surface area contributed by atoms with Crippen LogP contribution in [-0.2, 0) is 0 Å². The second-order valence-corrected chi connectivity index (χ2v) is 4.66. The van der Waals surface area contributed by atoms with Gasteiger partial charge in [-0.05, 0) is 50.4 Å². The van der Waals surface area contributed by atoms with E-state index in [1.165, 1.54) is 5.56 Å². The van der Waals surface area contributed by atoms with Crippen LogP contribution in [0.1, 0.15) is 41.7 Å². The first-order valence-corrected chi connectivity index (χ1v) is 5.97. The summed E-state index contributed by atoms with van der Waals surface area (Å²) in [6, 6.07) is 4.24. The molecule has 0 spiro atoms. The van der Waals surface area contributed by atoms with E-state index < -0.39 is 6.10 Å². The Morgan fingerprint density at radius 3 is 2.06 bits per heavy atom. The number of hydrogen-bond donors (Lipinski definition) is 2. The number of aryl methyl sites for hydroxylation is 3. The highest BCUT2D eigenvalue weighted by molar-refractivity contribution is 5.39. The van der Waals surface area contributed by atoms with Crippen molar-refractivity contribution >= 4 is 0 Å². The lowest BCUT2D eigenvalue weighted by Gasteiger charge is -2.24. The average Bonchev–Trinajstić information content (AvgIpc) is 2.17. The van der Waals surface area contributed by atoms with Gasteiger partial charge in [0, 0.05) is 5.92 Å². The van der Waals surface area contributed by atoms with Crippen LogP contribution in [0, 0.1) is 26.7 Å². The fourth-order valence-corrected chi connectivity index (χ4v) is 2.41. The van der Waals surface area contributed by atoms with Gasteiger partial charge in [0.1, 0.15) is 0 Å². The summed E-state index contributed by atoms with van der Waals surface area (Å²) in [4.78, 5) is 0. The minimum atomic E-state index is -0.435. The van der Waals surface area contributed by atoms with Crippen molar-refractivity contribution in [3.63, 3.8) is 0 Å². The lowest BCUT2D eigenvalue weighted by Crippen LogP contribution is -2.22. The molecule has 90 valence electrons. The predicted octanol–water partition coefficient (Wildman–Crippen LogP) is 2.63. The minimum absolute atomic E-state index is 0.153. The van der Waals surface area contributed by atoms with Crippen molar-refractivity contribution in [2.24, 2.45) is 11.7 Å². The monoisotopic (exact) mass is 221 g/mol. The first kappa shape index (κ1) is 13.2. The van der Waals surface area contributed by atoms with Crippen LogP contribution in [0.3, 0.4) is 0 Å². The van der Waals surface area contributed by atoms with E-state index in [1.807, 2.05) is 0 Å². The highest BCUT2D eigenvalue weighted by Crippen LogP contribution is 2.29. The molecule has 0 bridgehead atoms. The minimum Gasteiger partial charge on any atom is -0.388 e. The van der Waals surface area contributed by atoms with E-state index in [1.54, 1.807) is 0 Å². The summed E-state index contributed by atoms with van der Waals surface area (Å²) in [7, 11) is 0. The van der Waals surface area contributed by atoms with Crippen molar-refractivity contribution in [1.29, 1.82) is 0 Å². The van der Waals surface area contributed by atoms with Gasteiger partial charge < -0.3 is 10.8 Å². The fraction of sp³-hybridized carbons (Fsp3) is 0.571. The Balaban J connectivity index is 3.12. The second-order valence-electron chi connectivity index (χ2n) is 4.66. The molecule has 0 aliphatic heterocycles. The van der Waals surface area contributed by atoms with Crippen LogP contribution >= 0.6 is 0 Å². The Bertz CT molecular complexity index is 333. The van der Waals surface area contributed by atoms with Gasteiger partial charge in [-0.2, -0.15) is 0 Å². The zero-order valence-electron chi connectivity index (χ0n) is 10.7. The van der Waals surface area contributed by atoms with Gasteiger partial charge in [-0.1, -0.05) is 24.6 Å². The molecule has 0 aromatic heterocycles. The summed E-state index contributed by atoms with van der Waals surface area (Å²) < 4.78 is 0. The van der Waals surface area contributed by atoms with E-state index in [0.717, 1.165) is 23.1 Å². The lowest BCUT2D eigenvalue weighted by atomic mass is 9.87. The Labute approximate surface area is 98.5 Å². The average molecular weight is 221 g/mol. The zero-order chi connectivity index (χ0) is 12.3. The predicted molar refractivity (Wildman–Crippen MR) is 68.4 cm³/mol. The molecule has 2 unspecified atom stereocenters. The molecule has 2 atom stereocenters. The topological polar surface area (TPSA) is 46.2 Å². The van der Waals surface area contributed by atoms with E-state index in [-0.39, 0.29) is 5.92 Å². The third-order valence-corrected chi connectivity index (χ3v) is 3.31. The Hall–Kier alpha value is -0.860. The highest BCUT2D eigenvalue weighted by atomic mass is 16.3. The van der Waals surface area contributed by atoms with Crippen LogP contribution < -0.4 is 5.73 Å². The molecular formula is C14H23NO. The molecule has 0 fully saturated rings. The number of aliphatic hydroxyl groups excluding tert-OH is 1. The summed E-state index contributed by atoms with van der Waals surface area (Å²) in [5.74, 6) is 0.153. The van der Waals surface area contributed by atoms with Gasteiger partial charge in [-0.25, -0.2) is 0 Å². The molecule has 0 aliphatic carbocycles. The molecule has 1 rings (SSSR count). The summed E-state index contributed by atoms with van der Waals surface area (Å²) >= 11 is 0. The molecule has 2 heteroatoms. The van der Waals surface area contributed by atoms with E-state index in [0.29, 0.717) is 6.54 Å². The van der Waals surface area contributed by atoms with Crippen LogP contribution in [0.2, 0.25) is 0 Å². The van der Waals surface area contributed by atoms with Crippen molar-refractivity contribution in [3.05, 3.63) is 34.4 Å². The molecule has 16 heavy (non-hydrogen) atoms. The van der Waals surface area contributed by atoms with E-state index in [2.05, 4.69) is 39.8 Å². The Morgan fingerprint density at radius 2 is 1.69 bits per heavy atom. The molecule has 3 N–H and O–H groups in total. The first-order chi connectivity index (χ1) is 7.51. The van der Waals surface area contributed by atoms with Crippen LogP contribution in [0.15, 0.2) is 12.1 Å². The van der Waals surface area contributed by atoms with Gasteiger partial charge >= 0.3 is 0 Å². The van der Waals surface area contributed by atoms with Gasteiger partial charge in [0.2, 0.25) is 0 Å². The van der Waals surface area contributed by atoms with Crippen molar-refractivity contribution in [2.45, 2.75) is 40.2 Å². The molecule has 0 saturated carbocycles.